The van der Waals surface area contributed by atoms with Gasteiger partial charge in [0.15, 0.2) is 0 Å². The van der Waals surface area contributed by atoms with Crippen LogP contribution in [0.25, 0.3) is 10.9 Å². The molecule has 1 aromatic heterocycles. The van der Waals surface area contributed by atoms with Gasteiger partial charge in [0.2, 0.25) is 5.91 Å². The van der Waals surface area contributed by atoms with Gasteiger partial charge in [-0.05, 0) is 12.1 Å². The highest BCUT2D eigenvalue weighted by molar-refractivity contribution is 6.06. The number of primary amides is 1. The SMILES string of the molecule is C=CCN(CC(=O)O)c1cc(C(N)=O)c2ccccc2n1. The van der Waals surface area contributed by atoms with Gasteiger partial charge in [0.1, 0.15) is 12.4 Å². The fourth-order valence-corrected chi connectivity index (χ4v) is 2.09. The van der Waals surface area contributed by atoms with Crippen LogP contribution in [0.4, 0.5) is 5.82 Å². The zero-order valence-electron chi connectivity index (χ0n) is 11.3. The average Bonchev–Trinajstić information content (AvgIpc) is 2.45. The fourth-order valence-electron chi connectivity index (χ4n) is 2.09. The number of hydrogen-bond donors (Lipinski definition) is 2. The Morgan fingerprint density at radius 2 is 2.10 bits per heavy atom. The van der Waals surface area contributed by atoms with Crippen LogP contribution in [0.5, 0.6) is 0 Å². The largest absolute Gasteiger partial charge is 0.480 e. The van der Waals surface area contributed by atoms with Gasteiger partial charge in [0, 0.05) is 11.9 Å². The predicted molar refractivity (Wildman–Crippen MR) is 80.3 cm³/mol. The molecule has 2 rings (SSSR count). The minimum Gasteiger partial charge on any atom is -0.480 e. The van der Waals surface area contributed by atoms with Crippen molar-refractivity contribution in [1.82, 2.24) is 4.98 Å². The first-order valence-corrected chi connectivity index (χ1v) is 6.30. The molecule has 0 atom stereocenters. The van der Waals surface area contributed by atoms with Crippen molar-refractivity contribution in [2.75, 3.05) is 18.0 Å². The van der Waals surface area contributed by atoms with Crippen LogP contribution in [0.3, 0.4) is 0 Å². The van der Waals surface area contributed by atoms with E-state index in [1.54, 1.807) is 30.3 Å². The third-order valence-electron chi connectivity index (χ3n) is 2.97. The summed E-state index contributed by atoms with van der Waals surface area (Å²) < 4.78 is 0. The van der Waals surface area contributed by atoms with Gasteiger partial charge in [-0.15, -0.1) is 6.58 Å². The molecule has 2 aromatic rings. The Balaban J connectivity index is 2.59. The Morgan fingerprint density at radius 3 is 2.71 bits per heavy atom. The number of nitrogens with zero attached hydrogens (tertiary/aromatic N) is 2. The third kappa shape index (κ3) is 3.17. The number of aliphatic carboxylic acids is 1. The number of amides is 1. The monoisotopic (exact) mass is 285 g/mol. The number of carboxylic acid groups (broad SMARTS) is 1. The maximum atomic E-state index is 11.6. The summed E-state index contributed by atoms with van der Waals surface area (Å²) in [5, 5.41) is 9.61. The Bertz CT molecular complexity index is 712. The summed E-state index contributed by atoms with van der Waals surface area (Å²) in [5.74, 6) is -1.19. The summed E-state index contributed by atoms with van der Waals surface area (Å²) in [7, 11) is 0. The van der Waals surface area contributed by atoms with Crippen LogP contribution in [0, 0.1) is 0 Å². The number of carboxylic acids is 1. The van der Waals surface area contributed by atoms with Crippen LogP contribution in [0.2, 0.25) is 0 Å². The van der Waals surface area contributed by atoms with Crippen molar-refractivity contribution in [3.63, 3.8) is 0 Å². The van der Waals surface area contributed by atoms with Crippen molar-refractivity contribution < 1.29 is 14.7 Å². The molecule has 0 saturated heterocycles. The minimum absolute atomic E-state index is 0.241. The van der Waals surface area contributed by atoms with Gasteiger partial charge in [-0.3, -0.25) is 9.59 Å². The van der Waals surface area contributed by atoms with E-state index in [-0.39, 0.29) is 6.54 Å². The number of benzene rings is 1. The van der Waals surface area contributed by atoms with Gasteiger partial charge >= 0.3 is 5.97 Å². The molecule has 0 aliphatic carbocycles. The van der Waals surface area contributed by atoms with Crippen LogP contribution < -0.4 is 10.6 Å². The van der Waals surface area contributed by atoms with E-state index in [2.05, 4.69) is 11.6 Å². The number of pyridine rings is 1. The van der Waals surface area contributed by atoms with Crippen molar-refractivity contribution in [3.05, 3.63) is 48.6 Å². The van der Waals surface area contributed by atoms with Crippen LogP contribution in [-0.2, 0) is 4.79 Å². The Hall–Kier alpha value is -2.89. The van der Waals surface area contributed by atoms with Gasteiger partial charge in [0.25, 0.3) is 0 Å². The molecule has 21 heavy (non-hydrogen) atoms. The van der Waals surface area contributed by atoms with E-state index in [0.717, 1.165) is 0 Å². The van der Waals surface area contributed by atoms with Crippen LogP contribution in [-0.4, -0.2) is 35.1 Å². The summed E-state index contributed by atoms with van der Waals surface area (Å²) in [6.07, 6.45) is 1.57. The molecule has 1 amide bonds. The summed E-state index contributed by atoms with van der Waals surface area (Å²) in [5.41, 5.74) is 6.30. The molecule has 0 fully saturated rings. The fraction of sp³-hybridized carbons (Fsp3) is 0.133. The molecule has 1 heterocycles. The Morgan fingerprint density at radius 1 is 1.38 bits per heavy atom. The standard InChI is InChI=1S/C15H15N3O3/c1-2-7-18(9-14(19)20)13-8-11(15(16)21)10-5-3-4-6-12(10)17-13/h2-6,8H,1,7,9H2,(H2,16,21)(H,19,20). The van der Waals surface area contributed by atoms with Crippen molar-refractivity contribution in [3.8, 4) is 0 Å². The third-order valence-corrected chi connectivity index (χ3v) is 2.97. The second kappa shape index (κ2) is 6.04. The topological polar surface area (TPSA) is 96.5 Å². The molecule has 0 aliphatic rings. The molecule has 0 saturated carbocycles. The summed E-state index contributed by atoms with van der Waals surface area (Å²) in [6.45, 7) is 3.66. The maximum absolute atomic E-state index is 11.6. The normalized spacial score (nSPS) is 10.3. The number of nitrogens with two attached hydrogens (primary N) is 1. The molecule has 3 N–H and O–H groups in total. The lowest BCUT2D eigenvalue weighted by atomic mass is 10.1. The van der Waals surface area contributed by atoms with Crippen molar-refractivity contribution in [1.29, 1.82) is 0 Å². The number of hydrogen-bond acceptors (Lipinski definition) is 4. The minimum atomic E-state index is -0.993. The number of fused-ring (bicyclic) bond motifs is 1. The van der Waals surface area contributed by atoms with Gasteiger partial charge in [-0.2, -0.15) is 0 Å². The molecule has 1 aromatic carbocycles. The first kappa shape index (κ1) is 14.5. The van der Waals surface area contributed by atoms with E-state index in [1.165, 1.54) is 11.0 Å². The zero-order chi connectivity index (χ0) is 15.4. The van der Waals surface area contributed by atoms with Crippen LogP contribution >= 0.6 is 0 Å². The van der Waals surface area contributed by atoms with Gasteiger partial charge in [-0.1, -0.05) is 24.3 Å². The smallest absolute Gasteiger partial charge is 0.323 e. The molecule has 0 radical (unpaired) electrons. The highest BCUT2D eigenvalue weighted by Gasteiger charge is 2.15. The Kier molecular flexibility index (Phi) is 4.18. The van der Waals surface area contributed by atoms with E-state index in [9.17, 15) is 9.59 Å². The Labute approximate surface area is 121 Å². The molecule has 108 valence electrons. The number of anilines is 1. The molecule has 0 unspecified atom stereocenters. The van der Waals surface area contributed by atoms with Gasteiger partial charge in [0.05, 0.1) is 11.1 Å². The van der Waals surface area contributed by atoms with Crippen LogP contribution in [0.1, 0.15) is 10.4 Å². The summed E-state index contributed by atoms with van der Waals surface area (Å²) in [6, 6.07) is 8.59. The van der Waals surface area contributed by atoms with E-state index in [1.807, 2.05) is 0 Å². The van der Waals surface area contributed by atoms with E-state index in [0.29, 0.717) is 28.8 Å². The lowest BCUT2D eigenvalue weighted by Crippen LogP contribution is -2.31. The second-order valence-electron chi connectivity index (χ2n) is 4.47. The second-order valence-corrected chi connectivity index (χ2v) is 4.47. The predicted octanol–water partition coefficient (Wildman–Crippen LogP) is 1.41. The van der Waals surface area contributed by atoms with E-state index < -0.39 is 11.9 Å². The number of carbonyl (C=O) groups excluding carboxylic acids is 1. The molecule has 6 nitrogen and oxygen atoms in total. The zero-order valence-corrected chi connectivity index (χ0v) is 11.3. The van der Waals surface area contributed by atoms with Crippen molar-refractivity contribution in [2.24, 2.45) is 5.73 Å². The summed E-state index contributed by atoms with van der Waals surface area (Å²) >= 11 is 0. The molecule has 0 spiro atoms. The highest BCUT2D eigenvalue weighted by Crippen LogP contribution is 2.22. The van der Waals surface area contributed by atoms with Crippen LogP contribution in [0.15, 0.2) is 43.0 Å². The molecular weight excluding hydrogens is 270 g/mol. The lowest BCUT2D eigenvalue weighted by Gasteiger charge is -2.21. The molecule has 0 bridgehead atoms. The van der Waals surface area contributed by atoms with Crippen molar-refractivity contribution in [2.45, 2.75) is 0 Å². The quantitative estimate of drug-likeness (QED) is 0.782. The molecular formula is C15H15N3O3. The highest BCUT2D eigenvalue weighted by atomic mass is 16.4. The number of aromatic nitrogens is 1. The van der Waals surface area contributed by atoms with E-state index >= 15 is 0 Å². The first-order chi connectivity index (χ1) is 10.0. The first-order valence-electron chi connectivity index (χ1n) is 6.30. The number of para-hydroxylation sites is 1. The lowest BCUT2D eigenvalue weighted by molar-refractivity contribution is -0.135. The maximum Gasteiger partial charge on any atom is 0.323 e. The van der Waals surface area contributed by atoms with Crippen molar-refractivity contribution >= 4 is 28.6 Å². The number of rotatable bonds is 6. The average molecular weight is 285 g/mol. The van der Waals surface area contributed by atoms with Gasteiger partial charge < -0.3 is 15.7 Å². The number of carbonyl (C=O) groups is 2. The molecule has 0 aliphatic heterocycles. The summed E-state index contributed by atoms with van der Waals surface area (Å²) in [4.78, 5) is 28.5. The van der Waals surface area contributed by atoms with Gasteiger partial charge in [-0.25, -0.2) is 4.98 Å². The molecule has 6 heteroatoms. The van der Waals surface area contributed by atoms with E-state index in [4.69, 9.17) is 10.8 Å².